The molecule has 0 fully saturated rings. The number of rotatable bonds is 2. The van der Waals surface area contributed by atoms with Gasteiger partial charge in [-0.3, -0.25) is 0 Å². The van der Waals surface area contributed by atoms with Crippen LogP contribution in [0.15, 0.2) is 48.5 Å². The van der Waals surface area contributed by atoms with Crippen LogP contribution in [-0.2, 0) is 0 Å². The molecular weight excluding hydrogens is 232 g/mol. The molecule has 0 spiro atoms. The Morgan fingerprint density at radius 2 is 1.41 bits per heavy atom. The molecule has 0 saturated carbocycles. The molecule has 0 heterocycles. The Kier molecular flexibility index (Phi) is 3.32. The lowest BCUT2D eigenvalue weighted by Gasteiger charge is -2.10. The molecule has 1 atom stereocenters. The molecular formula is C14H11ClN2. The Balaban J connectivity index is 2.37. The van der Waals surface area contributed by atoms with Crippen molar-refractivity contribution in [1.82, 2.24) is 0 Å². The predicted molar refractivity (Wildman–Crippen MR) is 69.8 cm³/mol. The van der Waals surface area contributed by atoms with Crippen LogP contribution in [0.25, 0.3) is 0 Å². The molecule has 0 unspecified atom stereocenters. The van der Waals surface area contributed by atoms with E-state index in [4.69, 9.17) is 17.3 Å². The summed E-state index contributed by atoms with van der Waals surface area (Å²) < 4.78 is 0. The molecule has 2 N–H and O–H groups in total. The SMILES string of the molecule is N#C[C@H](c1ccc(N)cc1)c1ccc(Cl)cc1. The van der Waals surface area contributed by atoms with Gasteiger partial charge in [-0.1, -0.05) is 35.9 Å². The summed E-state index contributed by atoms with van der Waals surface area (Å²) in [7, 11) is 0. The number of nitrogens with two attached hydrogens (primary N) is 1. The first-order valence-electron chi connectivity index (χ1n) is 5.21. The number of nitrogen functional groups attached to an aromatic ring is 1. The highest BCUT2D eigenvalue weighted by atomic mass is 35.5. The van der Waals surface area contributed by atoms with Crippen molar-refractivity contribution in [3.63, 3.8) is 0 Å². The maximum atomic E-state index is 9.26. The topological polar surface area (TPSA) is 49.8 Å². The van der Waals surface area contributed by atoms with Gasteiger partial charge in [-0.2, -0.15) is 5.26 Å². The van der Waals surface area contributed by atoms with E-state index in [0.29, 0.717) is 10.7 Å². The van der Waals surface area contributed by atoms with Crippen LogP contribution in [0.3, 0.4) is 0 Å². The fourth-order valence-electron chi connectivity index (χ4n) is 1.69. The highest BCUT2D eigenvalue weighted by Crippen LogP contribution is 2.25. The molecule has 0 radical (unpaired) electrons. The first-order valence-corrected chi connectivity index (χ1v) is 5.59. The lowest BCUT2D eigenvalue weighted by atomic mass is 9.93. The van der Waals surface area contributed by atoms with Gasteiger partial charge in [-0.05, 0) is 35.4 Å². The molecule has 2 aromatic carbocycles. The van der Waals surface area contributed by atoms with Gasteiger partial charge in [-0.25, -0.2) is 0 Å². The molecule has 2 aromatic rings. The van der Waals surface area contributed by atoms with Crippen LogP contribution in [0.2, 0.25) is 5.02 Å². The van der Waals surface area contributed by atoms with Crippen molar-refractivity contribution in [2.75, 3.05) is 5.73 Å². The third-order valence-corrected chi connectivity index (χ3v) is 2.85. The van der Waals surface area contributed by atoms with Crippen LogP contribution in [0.1, 0.15) is 17.0 Å². The number of benzene rings is 2. The normalized spacial score (nSPS) is 11.8. The molecule has 2 nitrogen and oxygen atoms in total. The van der Waals surface area contributed by atoms with Crippen LogP contribution in [0, 0.1) is 11.3 Å². The van der Waals surface area contributed by atoms with E-state index in [-0.39, 0.29) is 5.92 Å². The minimum atomic E-state index is -0.284. The number of anilines is 1. The molecule has 0 aliphatic carbocycles. The van der Waals surface area contributed by atoms with Crippen LogP contribution in [0.5, 0.6) is 0 Å². The molecule has 0 amide bonds. The van der Waals surface area contributed by atoms with Gasteiger partial charge in [0.25, 0.3) is 0 Å². The summed E-state index contributed by atoms with van der Waals surface area (Å²) in [5, 5.41) is 9.93. The molecule has 0 aliphatic heterocycles. The van der Waals surface area contributed by atoms with Gasteiger partial charge >= 0.3 is 0 Å². The summed E-state index contributed by atoms with van der Waals surface area (Å²) in [4.78, 5) is 0. The summed E-state index contributed by atoms with van der Waals surface area (Å²) in [6.45, 7) is 0. The molecule has 0 bridgehead atoms. The second-order valence-electron chi connectivity index (χ2n) is 3.78. The van der Waals surface area contributed by atoms with Gasteiger partial charge in [0.15, 0.2) is 0 Å². The minimum absolute atomic E-state index is 0.284. The first kappa shape index (κ1) is 11.5. The van der Waals surface area contributed by atoms with Crippen molar-refractivity contribution >= 4 is 17.3 Å². The summed E-state index contributed by atoms with van der Waals surface area (Å²) in [5.41, 5.74) is 8.19. The lowest BCUT2D eigenvalue weighted by Crippen LogP contribution is -1.98. The van der Waals surface area contributed by atoms with E-state index in [0.717, 1.165) is 11.1 Å². The van der Waals surface area contributed by atoms with Crippen molar-refractivity contribution in [2.45, 2.75) is 5.92 Å². The second-order valence-corrected chi connectivity index (χ2v) is 4.22. The van der Waals surface area contributed by atoms with E-state index < -0.39 is 0 Å². The summed E-state index contributed by atoms with van der Waals surface area (Å²) >= 11 is 5.83. The zero-order valence-electron chi connectivity index (χ0n) is 9.10. The smallest absolute Gasteiger partial charge is 0.0962 e. The van der Waals surface area contributed by atoms with Crippen molar-refractivity contribution in [3.8, 4) is 6.07 Å². The zero-order chi connectivity index (χ0) is 12.3. The molecule has 2 rings (SSSR count). The van der Waals surface area contributed by atoms with Gasteiger partial charge in [-0.15, -0.1) is 0 Å². The monoisotopic (exact) mass is 242 g/mol. The summed E-state index contributed by atoms with van der Waals surface area (Å²) in [6.07, 6.45) is 0. The van der Waals surface area contributed by atoms with Gasteiger partial charge in [0.2, 0.25) is 0 Å². The fraction of sp³-hybridized carbons (Fsp3) is 0.0714. The standard InChI is InChI=1S/C14H11ClN2/c15-12-5-1-10(2-6-12)14(9-16)11-3-7-13(17)8-4-11/h1-8,14H,17H2/t14-/m0/s1. The third-order valence-electron chi connectivity index (χ3n) is 2.60. The maximum absolute atomic E-state index is 9.26. The average Bonchev–Trinajstić information content (AvgIpc) is 2.35. The Hall–Kier alpha value is -1.98. The van der Waals surface area contributed by atoms with Crippen LogP contribution in [0.4, 0.5) is 5.69 Å². The Labute approximate surface area is 105 Å². The number of halogens is 1. The van der Waals surface area contributed by atoms with Crippen LogP contribution < -0.4 is 5.73 Å². The first-order chi connectivity index (χ1) is 8.20. The van der Waals surface area contributed by atoms with Crippen molar-refractivity contribution < 1.29 is 0 Å². The maximum Gasteiger partial charge on any atom is 0.0962 e. The Morgan fingerprint density at radius 1 is 0.941 bits per heavy atom. The van der Waals surface area contributed by atoms with Crippen LogP contribution in [-0.4, -0.2) is 0 Å². The summed E-state index contributed by atoms with van der Waals surface area (Å²) in [6, 6.07) is 17.0. The Bertz CT molecular complexity index is 492. The highest BCUT2D eigenvalue weighted by Gasteiger charge is 2.12. The summed E-state index contributed by atoms with van der Waals surface area (Å²) in [5.74, 6) is -0.284. The van der Waals surface area contributed by atoms with Gasteiger partial charge in [0.05, 0.1) is 12.0 Å². The van der Waals surface area contributed by atoms with Crippen molar-refractivity contribution in [2.24, 2.45) is 0 Å². The fourth-order valence-corrected chi connectivity index (χ4v) is 1.81. The third kappa shape index (κ3) is 2.58. The highest BCUT2D eigenvalue weighted by molar-refractivity contribution is 6.30. The predicted octanol–water partition coefficient (Wildman–Crippen LogP) is 3.58. The van der Waals surface area contributed by atoms with E-state index in [1.54, 1.807) is 24.3 Å². The average molecular weight is 243 g/mol. The number of nitrogens with zero attached hydrogens (tertiary/aromatic N) is 1. The van der Waals surface area contributed by atoms with E-state index in [1.807, 2.05) is 24.3 Å². The van der Waals surface area contributed by atoms with Gasteiger partial charge < -0.3 is 5.73 Å². The van der Waals surface area contributed by atoms with Crippen molar-refractivity contribution in [1.29, 1.82) is 5.26 Å². The van der Waals surface area contributed by atoms with E-state index in [1.165, 1.54) is 0 Å². The van der Waals surface area contributed by atoms with Gasteiger partial charge in [0, 0.05) is 10.7 Å². The molecule has 3 heteroatoms. The molecule has 0 aromatic heterocycles. The van der Waals surface area contributed by atoms with E-state index in [9.17, 15) is 5.26 Å². The molecule has 84 valence electrons. The second kappa shape index (κ2) is 4.90. The molecule has 0 saturated heterocycles. The number of nitriles is 1. The lowest BCUT2D eigenvalue weighted by molar-refractivity contribution is 1.04. The van der Waals surface area contributed by atoms with Crippen LogP contribution >= 0.6 is 11.6 Å². The molecule has 0 aliphatic rings. The van der Waals surface area contributed by atoms with Crippen molar-refractivity contribution in [3.05, 3.63) is 64.7 Å². The minimum Gasteiger partial charge on any atom is -0.399 e. The quantitative estimate of drug-likeness (QED) is 0.819. The van der Waals surface area contributed by atoms with E-state index >= 15 is 0 Å². The Morgan fingerprint density at radius 3 is 1.88 bits per heavy atom. The number of hydrogen-bond acceptors (Lipinski definition) is 2. The van der Waals surface area contributed by atoms with E-state index in [2.05, 4.69) is 6.07 Å². The molecule has 17 heavy (non-hydrogen) atoms. The van der Waals surface area contributed by atoms with Gasteiger partial charge in [0.1, 0.15) is 0 Å². The number of hydrogen-bond donors (Lipinski definition) is 1. The largest absolute Gasteiger partial charge is 0.399 e. The zero-order valence-corrected chi connectivity index (χ0v) is 9.85.